The summed E-state index contributed by atoms with van der Waals surface area (Å²) < 4.78 is 1.63. The van der Waals surface area contributed by atoms with Crippen LogP contribution in [0.25, 0.3) is 5.69 Å². The van der Waals surface area contributed by atoms with E-state index in [1.807, 2.05) is 30.3 Å². The van der Waals surface area contributed by atoms with Crippen molar-refractivity contribution in [1.82, 2.24) is 15.1 Å². The number of para-hydroxylation sites is 1. The maximum absolute atomic E-state index is 12.4. The molecule has 1 atom stereocenters. The molecule has 6 heteroatoms. The molecule has 0 radical (unpaired) electrons. The number of amides is 1. The lowest BCUT2D eigenvalue weighted by Gasteiger charge is -2.13. The Hall–Kier alpha value is -2.63. The number of nitrogens with zero attached hydrogens (tertiary/aromatic N) is 2. The molecule has 1 heterocycles. The van der Waals surface area contributed by atoms with Crippen LogP contribution in [0.1, 0.15) is 35.3 Å². The zero-order valence-electron chi connectivity index (χ0n) is 12.9. The molecule has 2 aromatic rings. The number of benzene rings is 1. The number of rotatable bonds is 6. The quantitative estimate of drug-likeness (QED) is 0.856. The first kappa shape index (κ1) is 15.3. The number of hydrogen-bond donors (Lipinski definition) is 2. The van der Waals surface area contributed by atoms with Gasteiger partial charge in [0, 0.05) is 6.20 Å². The van der Waals surface area contributed by atoms with Crippen molar-refractivity contribution in [2.24, 2.45) is 5.92 Å². The lowest BCUT2D eigenvalue weighted by molar-refractivity contribution is -0.139. The van der Waals surface area contributed by atoms with E-state index in [-0.39, 0.29) is 0 Å². The number of nitrogens with one attached hydrogen (secondary N) is 1. The fourth-order valence-corrected chi connectivity index (χ4v) is 2.54. The van der Waals surface area contributed by atoms with Gasteiger partial charge in [0.25, 0.3) is 5.91 Å². The van der Waals surface area contributed by atoms with Gasteiger partial charge in [0.15, 0.2) is 0 Å². The molecule has 0 aliphatic heterocycles. The number of carboxylic acid groups (broad SMARTS) is 1. The van der Waals surface area contributed by atoms with E-state index in [2.05, 4.69) is 10.4 Å². The van der Waals surface area contributed by atoms with Crippen LogP contribution in [0.15, 0.2) is 36.5 Å². The molecule has 23 heavy (non-hydrogen) atoms. The average molecular weight is 313 g/mol. The SMILES string of the molecule is Cc1nn(-c2ccccc2)cc1C(=O)NC(CC1CC1)C(=O)O. The number of aryl methyl sites for hydroxylation is 1. The summed E-state index contributed by atoms with van der Waals surface area (Å²) in [6, 6.07) is 8.63. The molecule has 1 aliphatic rings. The second-order valence-corrected chi connectivity index (χ2v) is 5.95. The number of aliphatic carboxylic acids is 1. The molecule has 3 rings (SSSR count). The average Bonchev–Trinajstić information content (AvgIpc) is 3.27. The summed E-state index contributed by atoms with van der Waals surface area (Å²) in [6.45, 7) is 1.74. The smallest absolute Gasteiger partial charge is 0.326 e. The highest BCUT2D eigenvalue weighted by Gasteiger charge is 2.31. The molecule has 2 N–H and O–H groups in total. The highest BCUT2D eigenvalue weighted by atomic mass is 16.4. The van der Waals surface area contributed by atoms with Crippen LogP contribution in [0.4, 0.5) is 0 Å². The van der Waals surface area contributed by atoms with Gasteiger partial charge >= 0.3 is 5.97 Å². The van der Waals surface area contributed by atoms with Crippen molar-refractivity contribution in [3.05, 3.63) is 47.8 Å². The van der Waals surface area contributed by atoms with Crippen LogP contribution in [0.5, 0.6) is 0 Å². The fourth-order valence-electron chi connectivity index (χ4n) is 2.54. The lowest BCUT2D eigenvalue weighted by Crippen LogP contribution is -2.41. The summed E-state index contributed by atoms with van der Waals surface area (Å²) in [4.78, 5) is 23.7. The van der Waals surface area contributed by atoms with Crippen molar-refractivity contribution in [3.8, 4) is 5.69 Å². The second kappa shape index (κ2) is 6.24. The van der Waals surface area contributed by atoms with E-state index in [0.29, 0.717) is 23.6 Å². The zero-order chi connectivity index (χ0) is 16.4. The van der Waals surface area contributed by atoms with Crippen LogP contribution in [-0.2, 0) is 4.79 Å². The van der Waals surface area contributed by atoms with Crippen molar-refractivity contribution in [2.45, 2.75) is 32.2 Å². The predicted molar refractivity (Wildman–Crippen MR) is 84.5 cm³/mol. The van der Waals surface area contributed by atoms with E-state index in [1.54, 1.807) is 17.8 Å². The van der Waals surface area contributed by atoms with E-state index >= 15 is 0 Å². The summed E-state index contributed by atoms with van der Waals surface area (Å²) >= 11 is 0. The Morgan fingerprint density at radius 2 is 2.04 bits per heavy atom. The maximum Gasteiger partial charge on any atom is 0.326 e. The van der Waals surface area contributed by atoms with Gasteiger partial charge in [-0.05, 0) is 31.4 Å². The highest BCUT2D eigenvalue weighted by Crippen LogP contribution is 2.33. The van der Waals surface area contributed by atoms with Gasteiger partial charge < -0.3 is 10.4 Å². The molecule has 0 spiro atoms. The minimum Gasteiger partial charge on any atom is -0.480 e. The van der Waals surface area contributed by atoms with Crippen LogP contribution >= 0.6 is 0 Å². The zero-order valence-corrected chi connectivity index (χ0v) is 12.9. The van der Waals surface area contributed by atoms with Crippen molar-refractivity contribution in [1.29, 1.82) is 0 Å². The second-order valence-electron chi connectivity index (χ2n) is 5.95. The Bertz CT molecular complexity index is 720. The Morgan fingerprint density at radius 3 is 2.65 bits per heavy atom. The van der Waals surface area contributed by atoms with Gasteiger partial charge in [-0.25, -0.2) is 9.48 Å². The molecule has 1 saturated carbocycles. The van der Waals surface area contributed by atoms with Gasteiger partial charge in [0.1, 0.15) is 6.04 Å². The molecular formula is C17H19N3O3. The molecule has 1 aliphatic carbocycles. The predicted octanol–water partition coefficient (Wildman–Crippen LogP) is 2.16. The Balaban J connectivity index is 1.76. The topological polar surface area (TPSA) is 84.2 Å². The maximum atomic E-state index is 12.4. The summed E-state index contributed by atoms with van der Waals surface area (Å²) in [5.74, 6) is -0.958. The van der Waals surface area contributed by atoms with Crippen LogP contribution in [0, 0.1) is 12.8 Å². The van der Waals surface area contributed by atoms with Crippen molar-refractivity contribution < 1.29 is 14.7 Å². The molecule has 0 bridgehead atoms. The molecule has 1 aromatic carbocycles. The van der Waals surface area contributed by atoms with Crippen LogP contribution < -0.4 is 5.32 Å². The molecule has 0 saturated heterocycles. The lowest BCUT2D eigenvalue weighted by atomic mass is 10.1. The molecule has 120 valence electrons. The van der Waals surface area contributed by atoms with E-state index in [0.717, 1.165) is 18.5 Å². The molecular weight excluding hydrogens is 294 g/mol. The monoisotopic (exact) mass is 313 g/mol. The van der Waals surface area contributed by atoms with E-state index in [1.165, 1.54) is 0 Å². The Labute approximate surface area is 134 Å². The van der Waals surface area contributed by atoms with Crippen LogP contribution in [-0.4, -0.2) is 32.8 Å². The summed E-state index contributed by atoms with van der Waals surface area (Å²) in [5, 5.41) is 16.2. The molecule has 6 nitrogen and oxygen atoms in total. The van der Waals surface area contributed by atoms with Crippen LogP contribution in [0.2, 0.25) is 0 Å². The summed E-state index contributed by atoms with van der Waals surface area (Å²) in [6.07, 6.45) is 4.22. The van der Waals surface area contributed by atoms with Gasteiger partial charge in [-0.1, -0.05) is 31.0 Å². The fraction of sp³-hybridized carbons (Fsp3) is 0.353. The first-order valence-corrected chi connectivity index (χ1v) is 7.70. The van der Waals surface area contributed by atoms with E-state index < -0.39 is 17.9 Å². The molecule has 1 amide bonds. The summed E-state index contributed by atoms with van der Waals surface area (Å²) in [5.41, 5.74) is 1.82. The molecule has 1 unspecified atom stereocenters. The van der Waals surface area contributed by atoms with E-state index in [9.17, 15) is 14.7 Å². The third kappa shape index (κ3) is 3.59. The third-order valence-corrected chi connectivity index (χ3v) is 4.03. The normalized spacial score (nSPS) is 15.2. The van der Waals surface area contributed by atoms with Crippen molar-refractivity contribution >= 4 is 11.9 Å². The first-order chi connectivity index (χ1) is 11.0. The first-order valence-electron chi connectivity index (χ1n) is 7.70. The minimum absolute atomic E-state index is 0.391. The van der Waals surface area contributed by atoms with Crippen molar-refractivity contribution in [2.75, 3.05) is 0 Å². The Kier molecular flexibility index (Phi) is 4.14. The van der Waals surface area contributed by atoms with Gasteiger partial charge in [-0.2, -0.15) is 5.10 Å². The molecule has 1 aromatic heterocycles. The molecule has 1 fully saturated rings. The van der Waals surface area contributed by atoms with Crippen molar-refractivity contribution in [3.63, 3.8) is 0 Å². The number of hydrogen-bond acceptors (Lipinski definition) is 3. The number of carboxylic acids is 1. The van der Waals surface area contributed by atoms with Gasteiger partial charge in [-0.15, -0.1) is 0 Å². The largest absolute Gasteiger partial charge is 0.480 e. The summed E-state index contributed by atoms with van der Waals surface area (Å²) in [7, 11) is 0. The van der Waals surface area contributed by atoms with E-state index in [4.69, 9.17) is 0 Å². The Morgan fingerprint density at radius 1 is 1.35 bits per heavy atom. The van der Waals surface area contributed by atoms with Crippen LogP contribution in [0.3, 0.4) is 0 Å². The number of aromatic nitrogens is 2. The van der Waals surface area contributed by atoms with Gasteiger partial charge in [-0.3, -0.25) is 4.79 Å². The van der Waals surface area contributed by atoms with Gasteiger partial charge in [0.05, 0.1) is 16.9 Å². The number of carbonyl (C=O) groups is 2. The highest BCUT2D eigenvalue weighted by molar-refractivity contribution is 5.97. The van der Waals surface area contributed by atoms with Gasteiger partial charge in [0.2, 0.25) is 0 Å². The number of carbonyl (C=O) groups excluding carboxylic acids is 1. The third-order valence-electron chi connectivity index (χ3n) is 4.03. The standard InChI is InChI=1S/C17H19N3O3/c1-11-14(10-20(19-11)13-5-3-2-4-6-13)16(21)18-15(17(22)23)9-12-7-8-12/h2-6,10,12,15H,7-9H2,1H3,(H,18,21)(H,22,23). The minimum atomic E-state index is -0.988.